The summed E-state index contributed by atoms with van der Waals surface area (Å²) in [5, 5.41) is 3.09. The van der Waals surface area contributed by atoms with E-state index in [1.54, 1.807) is 50.2 Å². The van der Waals surface area contributed by atoms with Gasteiger partial charge in [0.1, 0.15) is 10.6 Å². The minimum atomic E-state index is -3.94. The van der Waals surface area contributed by atoms with Gasteiger partial charge in [0.15, 0.2) is 0 Å². The lowest BCUT2D eigenvalue weighted by Crippen LogP contribution is -2.18. The lowest BCUT2D eigenvalue weighted by molar-refractivity contribution is 0.0377. The normalized spacial score (nSPS) is 11.2. The molecule has 0 aliphatic carbocycles. The zero-order valence-electron chi connectivity index (χ0n) is 16.5. The van der Waals surface area contributed by atoms with E-state index in [0.717, 1.165) is 6.42 Å². The Morgan fingerprint density at radius 2 is 1.79 bits per heavy atom. The summed E-state index contributed by atoms with van der Waals surface area (Å²) in [6.07, 6.45) is 0.519. The summed E-state index contributed by atoms with van der Waals surface area (Å²) in [7, 11) is -2.41. The molecule has 0 amide bonds. The molecule has 0 spiro atoms. The van der Waals surface area contributed by atoms with Crippen LogP contribution < -0.4 is 14.8 Å². The van der Waals surface area contributed by atoms with Gasteiger partial charge in [0.2, 0.25) is 0 Å². The van der Waals surface area contributed by atoms with E-state index in [4.69, 9.17) is 9.47 Å². The molecule has 0 bridgehead atoms. The Bertz CT molecular complexity index is 909. The Hall–Kier alpha value is -2.74. The number of anilines is 2. The summed E-state index contributed by atoms with van der Waals surface area (Å²) in [5.41, 5.74) is 0.979. The van der Waals surface area contributed by atoms with Crippen molar-refractivity contribution in [3.8, 4) is 5.75 Å². The first-order chi connectivity index (χ1) is 13.3. The number of nitrogens with one attached hydrogen (secondary N) is 2. The van der Waals surface area contributed by atoms with E-state index in [1.165, 1.54) is 13.2 Å². The highest BCUT2D eigenvalue weighted by molar-refractivity contribution is 7.92. The molecule has 0 saturated heterocycles. The van der Waals surface area contributed by atoms with Gasteiger partial charge >= 0.3 is 5.97 Å². The van der Waals surface area contributed by atoms with E-state index >= 15 is 0 Å². The minimum Gasteiger partial charge on any atom is -0.497 e. The van der Waals surface area contributed by atoms with Crippen molar-refractivity contribution in [1.29, 1.82) is 0 Å². The Morgan fingerprint density at radius 3 is 2.36 bits per heavy atom. The monoisotopic (exact) mass is 406 g/mol. The second kappa shape index (κ2) is 9.45. The van der Waals surface area contributed by atoms with Crippen molar-refractivity contribution in [2.75, 3.05) is 23.7 Å². The molecule has 7 nitrogen and oxygen atoms in total. The zero-order valence-corrected chi connectivity index (χ0v) is 17.3. The van der Waals surface area contributed by atoms with Gasteiger partial charge in [-0.1, -0.05) is 6.92 Å². The molecule has 28 heavy (non-hydrogen) atoms. The van der Waals surface area contributed by atoms with Crippen molar-refractivity contribution in [2.24, 2.45) is 0 Å². The fourth-order valence-electron chi connectivity index (χ4n) is 2.43. The molecule has 0 fully saturated rings. The molecular formula is C20H26N2O5S. The molecular weight excluding hydrogens is 380 g/mol. The van der Waals surface area contributed by atoms with Crippen LogP contribution >= 0.6 is 0 Å². The molecule has 152 valence electrons. The fourth-order valence-corrected chi connectivity index (χ4v) is 3.70. The number of carbonyl (C=O) groups is 1. The topological polar surface area (TPSA) is 93.7 Å². The van der Waals surface area contributed by atoms with Crippen molar-refractivity contribution in [1.82, 2.24) is 0 Å². The standard InChI is InChI=1S/C20H26N2O5S/c1-5-12-21-18-11-6-15(20(23)27-14(2)3)13-19(18)28(24,25)22-16-7-9-17(26-4)10-8-16/h6-11,13-14,21-22H,5,12H2,1-4H3. The molecule has 2 aromatic rings. The van der Waals surface area contributed by atoms with Gasteiger partial charge in [0, 0.05) is 12.2 Å². The number of benzene rings is 2. The van der Waals surface area contributed by atoms with Crippen LogP contribution in [0.4, 0.5) is 11.4 Å². The van der Waals surface area contributed by atoms with Crippen LogP contribution in [0.2, 0.25) is 0 Å². The second-order valence-electron chi connectivity index (χ2n) is 6.43. The van der Waals surface area contributed by atoms with E-state index in [1.807, 2.05) is 6.92 Å². The number of sulfonamides is 1. The highest BCUT2D eigenvalue weighted by Crippen LogP contribution is 2.26. The van der Waals surface area contributed by atoms with Gasteiger partial charge in [-0.05, 0) is 62.7 Å². The maximum absolute atomic E-state index is 13.0. The molecule has 0 heterocycles. The first-order valence-corrected chi connectivity index (χ1v) is 10.5. The van der Waals surface area contributed by atoms with Gasteiger partial charge in [-0.2, -0.15) is 0 Å². The number of esters is 1. The number of carbonyl (C=O) groups excluding carboxylic acids is 1. The van der Waals surface area contributed by atoms with Gasteiger partial charge in [0.25, 0.3) is 10.0 Å². The largest absolute Gasteiger partial charge is 0.497 e. The van der Waals surface area contributed by atoms with E-state index in [9.17, 15) is 13.2 Å². The Morgan fingerprint density at radius 1 is 1.11 bits per heavy atom. The molecule has 0 radical (unpaired) electrons. The van der Waals surface area contributed by atoms with Crippen LogP contribution in [0.5, 0.6) is 5.75 Å². The lowest BCUT2D eigenvalue weighted by Gasteiger charge is -2.15. The number of methoxy groups -OCH3 is 1. The Labute approximate surface area is 166 Å². The number of hydrogen-bond donors (Lipinski definition) is 2. The van der Waals surface area contributed by atoms with Crippen LogP contribution in [0.3, 0.4) is 0 Å². The van der Waals surface area contributed by atoms with Crippen LogP contribution in [-0.2, 0) is 14.8 Å². The summed E-state index contributed by atoms with van der Waals surface area (Å²) >= 11 is 0. The van der Waals surface area contributed by atoms with Crippen molar-refractivity contribution < 1.29 is 22.7 Å². The van der Waals surface area contributed by atoms with Crippen molar-refractivity contribution in [3.05, 3.63) is 48.0 Å². The van der Waals surface area contributed by atoms with E-state index in [2.05, 4.69) is 10.0 Å². The third-order valence-electron chi connectivity index (χ3n) is 3.76. The zero-order chi connectivity index (χ0) is 20.7. The lowest BCUT2D eigenvalue weighted by atomic mass is 10.2. The fraction of sp³-hybridized carbons (Fsp3) is 0.350. The summed E-state index contributed by atoms with van der Waals surface area (Å²) < 4.78 is 38.8. The molecule has 2 aromatic carbocycles. The van der Waals surface area contributed by atoms with E-state index < -0.39 is 16.0 Å². The molecule has 2 N–H and O–H groups in total. The maximum Gasteiger partial charge on any atom is 0.338 e. The average Bonchev–Trinajstić information content (AvgIpc) is 2.66. The van der Waals surface area contributed by atoms with Crippen LogP contribution in [0.1, 0.15) is 37.6 Å². The first-order valence-electron chi connectivity index (χ1n) is 9.02. The summed E-state index contributed by atoms with van der Waals surface area (Å²) in [4.78, 5) is 12.2. The third kappa shape index (κ3) is 5.63. The second-order valence-corrected chi connectivity index (χ2v) is 8.08. The van der Waals surface area contributed by atoms with Crippen molar-refractivity contribution in [3.63, 3.8) is 0 Å². The number of ether oxygens (including phenoxy) is 2. The summed E-state index contributed by atoms with van der Waals surface area (Å²) in [6, 6.07) is 11.0. The van der Waals surface area contributed by atoms with Crippen molar-refractivity contribution >= 4 is 27.4 Å². The molecule has 8 heteroatoms. The predicted octanol–water partition coefficient (Wildman–Crippen LogP) is 3.88. The quantitative estimate of drug-likeness (QED) is 0.614. The maximum atomic E-state index is 13.0. The highest BCUT2D eigenvalue weighted by Gasteiger charge is 2.22. The van der Waals surface area contributed by atoms with Crippen molar-refractivity contribution in [2.45, 2.75) is 38.2 Å². The Balaban J connectivity index is 2.40. The summed E-state index contributed by atoms with van der Waals surface area (Å²) in [5.74, 6) is 0.0459. The minimum absolute atomic E-state index is 0.0185. The SMILES string of the molecule is CCCNc1ccc(C(=O)OC(C)C)cc1S(=O)(=O)Nc1ccc(OC)cc1. The summed E-state index contributed by atoms with van der Waals surface area (Å²) in [6.45, 7) is 6.04. The van der Waals surface area contributed by atoms with E-state index in [0.29, 0.717) is 23.7 Å². The third-order valence-corrected chi connectivity index (χ3v) is 5.18. The van der Waals surface area contributed by atoms with Gasteiger partial charge in [-0.3, -0.25) is 4.72 Å². The van der Waals surface area contributed by atoms with Crippen LogP contribution in [0, 0.1) is 0 Å². The highest BCUT2D eigenvalue weighted by atomic mass is 32.2. The molecule has 2 rings (SSSR count). The van der Waals surface area contributed by atoms with Crippen LogP contribution in [0.15, 0.2) is 47.4 Å². The van der Waals surface area contributed by atoms with Gasteiger partial charge < -0.3 is 14.8 Å². The van der Waals surface area contributed by atoms with E-state index in [-0.39, 0.29) is 16.6 Å². The van der Waals surface area contributed by atoms with Gasteiger partial charge in [0.05, 0.1) is 24.5 Å². The molecule has 0 saturated carbocycles. The molecule has 0 atom stereocenters. The molecule has 0 aliphatic heterocycles. The number of hydrogen-bond acceptors (Lipinski definition) is 6. The predicted molar refractivity (Wildman–Crippen MR) is 110 cm³/mol. The first kappa shape index (κ1) is 21.6. The van der Waals surface area contributed by atoms with Crippen LogP contribution in [-0.4, -0.2) is 34.1 Å². The van der Waals surface area contributed by atoms with Gasteiger partial charge in [-0.15, -0.1) is 0 Å². The van der Waals surface area contributed by atoms with Gasteiger partial charge in [-0.25, -0.2) is 13.2 Å². The average molecular weight is 407 g/mol. The molecule has 0 aliphatic rings. The smallest absolute Gasteiger partial charge is 0.338 e. The van der Waals surface area contributed by atoms with Crippen LogP contribution in [0.25, 0.3) is 0 Å². The number of rotatable bonds is 9. The molecule has 0 aromatic heterocycles. The Kier molecular flexibility index (Phi) is 7.28. The molecule has 0 unspecified atom stereocenters.